The Bertz CT molecular complexity index is 1150. The van der Waals surface area contributed by atoms with Gasteiger partial charge in [-0.25, -0.2) is 4.79 Å². The van der Waals surface area contributed by atoms with E-state index >= 15 is 0 Å². The van der Waals surface area contributed by atoms with E-state index in [1.807, 2.05) is 41.4 Å². The predicted molar refractivity (Wildman–Crippen MR) is 141 cm³/mol. The minimum Gasteiger partial charge on any atom is -0.338 e. The third kappa shape index (κ3) is 5.26. The number of nitrogens with zero attached hydrogens (tertiary/aromatic N) is 3. The number of hydrogen-bond acceptors (Lipinski definition) is 2. The number of urea groups is 1. The Kier molecular flexibility index (Phi) is 7.91. The molecular formula is C29H36N4O2. The van der Waals surface area contributed by atoms with Crippen molar-refractivity contribution in [3.05, 3.63) is 83.7 Å². The fourth-order valence-corrected chi connectivity index (χ4v) is 4.65. The van der Waals surface area contributed by atoms with Crippen LogP contribution in [-0.2, 0) is 4.79 Å². The van der Waals surface area contributed by atoms with Crippen molar-refractivity contribution in [3.63, 3.8) is 0 Å². The van der Waals surface area contributed by atoms with Crippen LogP contribution in [0.15, 0.2) is 66.9 Å². The van der Waals surface area contributed by atoms with Gasteiger partial charge in [0.05, 0.1) is 17.1 Å². The Labute approximate surface area is 208 Å². The van der Waals surface area contributed by atoms with Crippen molar-refractivity contribution in [3.8, 4) is 5.69 Å². The molecule has 2 heterocycles. The molecule has 0 spiro atoms. The van der Waals surface area contributed by atoms with Crippen LogP contribution in [0, 0.1) is 6.92 Å². The van der Waals surface area contributed by atoms with Crippen LogP contribution in [-0.4, -0.2) is 41.0 Å². The molecule has 1 aromatic heterocycles. The Balaban J connectivity index is 1.70. The van der Waals surface area contributed by atoms with Crippen LogP contribution in [0.4, 0.5) is 10.5 Å². The summed E-state index contributed by atoms with van der Waals surface area (Å²) in [4.78, 5) is 30.6. The van der Waals surface area contributed by atoms with Gasteiger partial charge in [0.25, 0.3) is 0 Å². The lowest BCUT2D eigenvalue weighted by molar-refractivity contribution is -0.119. The van der Waals surface area contributed by atoms with E-state index in [2.05, 4.69) is 61.0 Å². The van der Waals surface area contributed by atoms with Gasteiger partial charge < -0.3 is 14.8 Å². The summed E-state index contributed by atoms with van der Waals surface area (Å²) in [5, 5.41) is 2.99. The predicted octanol–water partition coefficient (Wildman–Crippen LogP) is 5.83. The second kappa shape index (κ2) is 11.3. The molecule has 0 aliphatic carbocycles. The van der Waals surface area contributed by atoms with Crippen LogP contribution < -0.4 is 10.2 Å². The molecule has 1 atom stereocenters. The van der Waals surface area contributed by atoms with Gasteiger partial charge >= 0.3 is 6.03 Å². The Morgan fingerprint density at radius 2 is 1.63 bits per heavy atom. The van der Waals surface area contributed by atoms with Gasteiger partial charge in [-0.05, 0) is 49.6 Å². The lowest BCUT2D eigenvalue weighted by Crippen LogP contribution is -2.49. The zero-order valence-corrected chi connectivity index (χ0v) is 21.0. The molecule has 3 aromatic rings. The highest BCUT2D eigenvalue weighted by Gasteiger charge is 2.36. The quantitative estimate of drug-likeness (QED) is 0.398. The molecular weight excluding hydrogens is 436 g/mol. The molecule has 0 fully saturated rings. The van der Waals surface area contributed by atoms with Gasteiger partial charge in [-0.1, -0.05) is 68.7 Å². The zero-order chi connectivity index (χ0) is 24.8. The molecule has 3 amide bonds. The van der Waals surface area contributed by atoms with Crippen LogP contribution in [0.3, 0.4) is 0 Å². The summed E-state index contributed by atoms with van der Waals surface area (Å²) >= 11 is 0. The van der Waals surface area contributed by atoms with Gasteiger partial charge in [-0.3, -0.25) is 9.69 Å². The molecule has 1 unspecified atom stereocenters. The molecule has 0 saturated heterocycles. The standard InChI is InChI=1S/C29H36N4O2/c1-4-6-18-30-29(35)31(19-7-5-2)21-27(34)33-25-12-9-8-11-24(25)32-20-10-13-26(32)28(33)23-16-14-22(3)15-17-23/h8-17,20,28H,4-7,18-19,21H2,1-3H3,(H,30,35). The summed E-state index contributed by atoms with van der Waals surface area (Å²) in [6.07, 6.45) is 5.80. The van der Waals surface area contributed by atoms with E-state index in [0.29, 0.717) is 13.1 Å². The highest BCUT2D eigenvalue weighted by molar-refractivity contribution is 6.00. The number of fused-ring (bicyclic) bond motifs is 3. The maximum absolute atomic E-state index is 14.0. The average molecular weight is 473 g/mol. The molecule has 4 rings (SSSR count). The smallest absolute Gasteiger partial charge is 0.317 e. The van der Waals surface area contributed by atoms with Gasteiger partial charge in [-0.2, -0.15) is 0 Å². The molecule has 0 bridgehead atoms. The molecule has 35 heavy (non-hydrogen) atoms. The number of unbranched alkanes of at least 4 members (excludes halogenated alkanes) is 2. The fourth-order valence-electron chi connectivity index (χ4n) is 4.65. The van der Waals surface area contributed by atoms with Crippen molar-refractivity contribution < 1.29 is 9.59 Å². The van der Waals surface area contributed by atoms with E-state index in [1.54, 1.807) is 4.90 Å². The summed E-state index contributed by atoms with van der Waals surface area (Å²) in [5.74, 6) is -0.0859. The first-order valence-electron chi connectivity index (χ1n) is 12.7. The van der Waals surface area contributed by atoms with Gasteiger partial charge in [0, 0.05) is 19.3 Å². The number of amides is 3. The first-order chi connectivity index (χ1) is 17.0. The number of rotatable bonds is 9. The molecule has 0 saturated carbocycles. The molecule has 0 radical (unpaired) electrons. The SMILES string of the molecule is CCCCNC(=O)N(CCCC)CC(=O)N1c2ccccc2-n2cccc2C1c1ccc(C)cc1. The molecule has 1 aliphatic rings. The van der Waals surface area contributed by atoms with Gasteiger partial charge in [-0.15, -0.1) is 0 Å². The number of anilines is 1. The second-order valence-electron chi connectivity index (χ2n) is 9.23. The lowest BCUT2D eigenvalue weighted by atomic mass is 9.97. The van der Waals surface area contributed by atoms with E-state index in [9.17, 15) is 9.59 Å². The Hall–Kier alpha value is -3.54. The number of nitrogens with one attached hydrogen (secondary N) is 1. The highest BCUT2D eigenvalue weighted by Crippen LogP contribution is 2.42. The summed E-state index contributed by atoms with van der Waals surface area (Å²) in [5.41, 5.74) is 5.08. The number of carbonyl (C=O) groups excluding carboxylic acids is 2. The van der Waals surface area contributed by atoms with Crippen molar-refractivity contribution in [1.29, 1.82) is 0 Å². The van der Waals surface area contributed by atoms with E-state index < -0.39 is 0 Å². The summed E-state index contributed by atoms with van der Waals surface area (Å²) < 4.78 is 2.16. The minimum absolute atomic E-state index is 0.0371. The second-order valence-corrected chi connectivity index (χ2v) is 9.23. The lowest BCUT2D eigenvalue weighted by Gasteiger charge is -2.39. The van der Waals surface area contributed by atoms with Crippen molar-refractivity contribution in [2.75, 3.05) is 24.5 Å². The average Bonchev–Trinajstić information content (AvgIpc) is 3.36. The summed E-state index contributed by atoms with van der Waals surface area (Å²) in [7, 11) is 0. The summed E-state index contributed by atoms with van der Waals surface area (Å²) in [6, 6.07) is 20.0. The van der Waals surface area contributed by atoms with E-state index in [1.165, 1.54) is 5.56 Å². The van der Waals surface area contributed by atoms with Crippen LogP contribution in [0.1, 0.15) is 62.4 Å². The number of carbonyl (C=O) groups is 2. The molecule has 184 valence electrons. The zero-order valence-electron chi connectivity index (χ0n) is 21.0. The van der Waals surface area contributed by atoms with Crippen molar-refractivity contribution in [2.24, 2.45) is 0 Å². The van der Waals surface area contributed by atoms with Gasteiger partial charge in [0.2, 0.25) is 5.91 Å². The number of hydrogen-bond donors (Lipinski definition) is 1. The van der Waals surface area contributed by atoms with Gasteiger partial charge in [0.15, 0.2) is 0 Å². The van der Waals surface area contributed by atoms with Crippen LogP contribution >= 0.6 is 0 Å². The molecule has 6 heteroatoms. The maximum atomic E-state index is 14.0. The van der Waals surface area contributed by atoms with E-state index in [-0.39, 0.29) is 24.5 Å². The first kappa shape index (κ1) is 24.6. The number of para-hydroxylation sites is 2. The third-order valence-corrected chi connectivity index (χ3v) is 6.58. The topological polar surface area (TPSA) is 57.6 Å². The number of aromatic nitrogens is 1. The van der Waals surface area contributed by atoms with Crippen LogP contribution in [0.25, 0.3) is 5.69 Å². The van der Waals surface area contributed by atoms with Crippen molar-refractivity contribution in [1.82, 2.24) is 14.8 Å². The van der Waals surface area contributed by atoms with Crippen molar-refractivity contribution in [2.45, 2.75) is 52.5 Å². The van der Waals surface area contributed by atoms with E-state index in [4.69, 9.17) is 0 Å². The molecule has 2 aromatic carbocycles. The first-order valence-corrected chi connectivity index (χ1v) is 12.7. The van der Waals surface area contributed by atoms with Crippen LogP contribution in [0.2, 0.25) is 0 Å². The molecule has 6 nitrogen and oxygen atoms in total. The molecule has 1 N–H and O–H groups in total. The maximum Gasteiger partial charge on any atom is 0.317 e. The largest absolute Gasteiger partial charge is 0.338 e. The minimum atomic E-state index is -0.274. The number of benzene rings is 2. The normalized spacial score (nSPS) is 14.3. The van der Waals surface area contributed by atoms with Crippen molar-refractivity contribution >= 4 is 17.6 Å². The third-order valence-electron chi connectivity index (χ3n) is 6.58. The Morgan fingerprint density at radius 3 is 2.34 bits per heavy atom. The monoisotopic (exact) mass is 472 g/mol. The Morgan fingerprint density at radius 1 is 0.914 bits per heavy atom. The highest BCUT2D eigenvalue weighted by atomic mass is 16.2. The number of aryl methyl sites for hydroxylation is 1. The van der Waals surface area contributed by atoms with Crippen LogP contribution in [0.5, 0.6) is 0 Å². The molecule has 1 aliphatic heterocycles. The summed E-state index contributed by atoms with van der Waals surface area (Å²) in [6.45, 7) is 7.47. The van der Waals surface area contributed by atoms with E-state index in [0.717, 1.165) is 48.3 Å². The van der Waals surface area contributed by atoms with Gasteiger partial charge in [0.1, 0.15) is 12.6 Å². The fraction of sp³-hybridized carbons (Fsp3) is 0.379.